The fourth-order valence-corrected chi connectivity index (χ4v) is 18.6. The van der Waals surface area contributed by atoms with E-state index in [1.807, 2.05) is 0 Å². The Morgan fingerprint density at radius 3 is 1.31 bits per heavy atom. The lowest BCUT2D eigenvalue weighted by atomic mass is 9.81. The summed E-state index contributed by atoms with van der Waals surface area (Å²) >= 11 is 0. The molecule has 0 radical (unpaired) electrons. The number of para-hydroxylation sites is 2. The summed E-state index contributed by atoms with van der Waals surface area (Å²) in [6.07, 6.45) is 0. The fourth-order valence-electron chi connectivity index (χ4n) is 13.8. The van der Waals surface area contributed by atoms with Gasteiger partial charge in [-0.15, -0.1) is 0 Å². The van der Waals surface area contributed by atoms with Crippen molar-refractivity contribution in [3.63, 3.8) is 0 Å². The normalized spacial score (nSPS) is 14.1. The average molecular weight is 976 g/mol. The molecule has 2 aliphatic carbocycles. The summed E-state index contributed by atoms with van der Waals surface area (Å²) in [5.41, 5.74) is 20.2. The second-order valence-electron chi connectivity index (χ2n) is 21.9. The minimum atomic E-state index is -3.12. The van der Waals surface area contributed by atoms with Gasteiger partial charge in [0.15, 0.2) is 8.07 Å². The number of rotatable bonds is 7. The molecule has 0 spiro atoms. The Bertz CT molecular complexity index is 4240. The zero-order chi connectivity index (χ0) is 50.2. The number of hydrogen-bond acceptors (Lipinski definition) is 1. The third-order valence-electron chi connectivity index (χ3n) is 17.3. The Morgan fingerprint density at radius 1 is 0.307 bits per heavy atom. The summed E-state index contributed by atoms with van der Waals surface area (Å²) in [7, 11) is -3.12. The first-order chi connectivity index (χ1) is 36.7. The van der Waals surface area contributed by atoms with Gasteiger partial charge < -0.3 is 8.98 Å². The van der Waals surface area contributed by atoms with E-state index in [2.05, 4.69) is 281 Å². The smallest absolute Gasteiger partial charge is 0.179 e. The molecule has 356 valence electrons. The number of hydrogen-bond donors (Lipinski definition) is 0. The van der Waals surface area contributed by atoms with E-state index in [1.165, 1.54) is 98.3 Å². The Balaban J connectivity index is 1.14. The lowest BCUT2D eigenvalue weighted by molar-refractivity contribution is 0.660. The Labute approximate surface area is 438 Å². The largest absolute Gasteiger partial charge is 0.456 e. The van der Waals surface area contributed by atoms with Gasteiger partial charge in [-0.1, -0.05) is 240 Å². The molecule has 0 saturated heterocycles. The van der Waals surface area contributed by atoms with Crippen molar-refractivity contribution in [1.29, 1.82) is 0 Å². The van der Waals surface area contributed by atoms with Crippen LogP contribution in [0.25, 0.3) is 93.9 Å². The van der Waals surface area contributed by atoms with Crippen LogP contribution in [-0.4, -0.2) is 12.6 Å². The zero-order valence-electron chi connectivity index (χ0n) is 42.5. The summed E-state index contributed by atoms with van der Waals surface area (Å²) < 4.78 is 9.37. The maximum Gasteiger partial charge on any atom is 0.179 e. The molecule has 0 atom stereocenters. The Hall–Kier alpha value is -8.76. The van der Waals surface area contributed by atoms with E-state index in [1.54, 1.807) is 0 Å². The lowest BCUT2D eigenvalue weighted by Crippen LogP contribution is -2.74. The average Bonchev–Trinajstić information content (AvgIpc) is 4.20. The minimum Gasteiger partial charge on any atom is -0.456 e. The van der Waals surface area contributed by atoms with Gasteiger partial charge in [-0.2, -0.15) is 0 Å². The molecule has 0 fully saturated rings. The van der Waals surface area contributed by atoms with E-state index in [0.717, 1.165) is 38.7 Å². The maximum atomic E-state index is 6.79. The van der Waals surface area contributed by atoms with Crippen LogP contribution in [0, 0.1) is 0 Å². The Morgan fingerprint density at radius 2 is 0.760 bits per heavy atom. The van der Waals surface area contributed by atoms with Crippen LogP contribution in [-0.2, 0) is 10.8 Å². The van der Waals surface area contributed by atoms with Crippen molar-refractivity contribution in [2.24, 2.45) is 0 Å². The summed E-state index contributed by atoms with van der Waals surface area (Å²) in [6.45, 7) is 9.60. The van der Waals surface area contributed by atoms with Gasteiger partial charge in [0.05, 0.1) is 16.7 Å². The number of benzene rings is 11. The van der Waals surface area contributed by atoms with Gasteiger partial charge in [0.1, 0.15) is 11.2 Å². The lowest BCUT2D eigenvalue weighted by Gasteiger charge is -2.36. The quantitative estimate of drug-likeness (QED) is 0.115. The molecule has 0 N–H and O–H groups in total. The number of aromatic nitrogens is 1. The molecule has 0 saturated carbocycles. The van der Waals surface area contributed by atoms with Gasteiger partial charge in [-0.3, -0.25) is 0 Å². The van der Waals surface area contributed by atoms with Crippen molar-refractivity contribution in [2.45, 2.75) is 38.5 Å². The summed E-state index contributed by atoms with van der Waals surface area (Å²) in [6, 6.07) is 94.3. The topological polar surface area (TPSA) is 18.1 Å². The van der Waals surface area contributed by atoms with Gasteiger partial charge in [-0.05, 0) is 107 Å². The highest BCUT2D eigenvalue weighted by Gasteiger charge is 2.44. The van der Waals surface area contributed by atoms with E-state index < -0.39 is 8.07 Å². The van der Waals surface area contributed by atoms with Gasteiger partial charge in [0, 0.05) is 49.6 Å². The van der Waals surface area contributed by atoms with Gasteiger partial charge in [-0.25, -0.2) is 0 Å². The van der Waals surface area contributed by atoms with Crippen LogP contribution in [0.4, 0.5) is 0 Å². The van der Waals surface area contributed by atoms with Crippen LogP contribution in [0.5, 0.6) is 0 Å². The van der Waals surface area contributed by atoms with E-state index in [4.69, 9.17) is 4.42 Å². The highest BCUT2D eigenvalue weighted by atomic mass is 28.3. The van der Waals surface area contributed by atoms with E-state index in [-0.39, 0.29) is 10.8 Å². The van der Waals surface area contributed by atoms with Crippen LogP contribution in [0.2, 0.25) is 0 Å². The molecule has 0 amide bonds. The first-order valence-electron chi connectivity index (χ1n) is 26.4. The zero-order valence-corrected chi connectivity index (χ0v) is 43.5. The molecule has 0 unspecified atom stereocenters. The SMILES string of the molecule is CC1(C)c2ccccc2-c2ccc(-c3cc([Si](c4ccccc4)(c4ccccc4)c4ccccc4)cc(-c4ccc5c(c4)C(C)(C)c4ccccc4-5)c3-n3c4ccccc4c4cc5c(cc43)oc3ccccc35)cc21. The molecule has 2 heterocycles. The molecule has 13 aromatic rings. The molecule has 2 nitrogen and oxygen atoms in total. The highest BCUT2D eigenvalue weighted by molar-refractivity contribution is 7.20. The first kappa shape index (κ1) is 43.8. The molecule has 2 aromatic heterocycles. The third-order valence-corrected chi connectivity index (χ3v) is 22.1. The standard InChI is InChI=1S/C72H53NOSi/c1-71(2)62-32-18-14-28-52(62)54-38-36-46(40-64(54)71)58-42-51(75(48-22-8-5-9-23-48,49-24-10-6-11-25-49)50-26-12-7-13-27-50)43-59(47-37-39-55-53-29-15-19-33-63(53)72(3,4)65(55)41-47)70(58)73-66-34-20-16-30-56(66)60-44-61-57-31-17-21-35-68(57)74-69(61)45-67(60)73/h5-45H,1-4H3. The maximum absolute atomic E-state index is 6.79. The molecular formula is C72H53NOSi. The predicted octanol–water partition coefficient (Wildman–Crippen LogP) is 16.0. The summed E-state index contributed by atoms with van der Waals surface area (Å²) in [4.78, 5) is 0. The number of furan rings is 1. The van der Waals surface area contributed by atoms with Crippen LogP contribution in [0.3, 0.4) is 0 Å². The molecule has 0 bridgehead atoms. The molecule has 11 aromatic carbocycles. The van der Waals surface area contributed by atoms with Gasteiger partial charge in [0.2, 0.25) is 0 Å². The van der Waals surface area contributed by atoms with Crippen molar-refractivity contribution in [3.8, 4) is 50.2 Å². The summed E-state index contributed by atoms with van der Waals surface area (Å²) in [5, 5.41) is 10.0. The molecule has 0 aliphatic heterocycles. The van der Waals surface area contributed by atoms with Crippen molar-refractivity contribution >= 4 is 72.6 Å². The first-order valence-corrected chi connectivity index (χ1v) is 28.4. The van der Waals surface area contributed by atoms with Crippen molar-refractivity contribution in [1.82, 2.24) is 4.57 Å². The van der Waals surface area contributed by atoms with Crippen LogP contribution in [0.1, 0.15) is 49.9 Å². The monoisotopic (exact) mass is 975 g/mol. The fraction of sp³-hybridized carbons (Fsp3) is 0.0833. The molecule has 75 heavy (non-hydrogen) atoms. The molecule has 3 heteroatoms. The van der Waals surface area contributed by atoms with E-state index in [0.29, 0.717) is 0 Å². The Kier molecular flexibility index (Phi) is 9.41. The number of fused-ring (bicyclic) bond motifs is 12. The highest BCUT2D eigenvalue weighted by Crippen LogP contribution is 2.53. The second-order valence-corrected chi connectivity index (χ2v) is 25.8. The second kappa shape index (κ2) is 16.1. The van der Waals surface area contributed by atoms with E-state index in [9.17, 15) is 0 Å². The molecule has 2 aliphatic rings. The third kappa shape index (κ3) is 6.19. The van der Waals surface area contributed by atoms with Crippen LogP contribution in [0.15, 0.2) is 253 Å². The van der Waals surface area contributed by atoms with E-state index >= 15 is 0 Å². The van der Waals surface area contributed by atoms with Crippen molar-refractivity contribution in [3.05, 3.63) is 271 Å². The summed E-state index contributed by atoms with van der Waals surface area (Å²) in [5.74, 6) is 0. The van der Waals surface area contributed by atoms with Gasteiger partial charge >= 0.3 is 0 Å². The van der Waals surface area contributed by atoms with Crippen LogP contribution >= 0.6 is 0 Å². The number of nitrogens with zero attached hydrogens (tertiary/aromatic N) is 1. The molecule has 15 rings (SSSR count). The van der Waals surface area contributed by atoms with Crippen molar-refractivity contribution < 1.29 is 4.42 Å². The molecular weight excluding hydrogens is 923 g/mol. The minimum absolute atomic E-state index is 0.209. The van der Waals surface area contributed by atoms with Gasteiger partial charge in [0.25, 0.3) is 0 Å². The van der Waals surface area contributed by atoms with Crippen molar-refractivity contribution in [2.75, 3.05) is 0 Å². The van der Waals surface area contributed by atoms with Crippen LogP contribution < -0.4 is 20.7 Å². The predicted molar refractivity (Wildman–Crippen MR) is 318 cm³/mol.